The van der Waals surface area contributed by atoms with Gasteiger partial charge in [0.15, 0.2) is 0 Å². The Balaban J connectivity index is 2.19. The summed E-state index contributed by atoms with van der Waals surface area (Å²) in [5, 5.41) is 0. The zero-order chi connectivity index (χ0) is 14.8. The molecule has 6 heteroatoms. The predicted octanol–water partition coefficient (Wildman–Crippen LogP) is 2.66. The van der Waals surface area contributed by atoms with E-state index in [0.29, 0.717) is 5.92 Å². The van der Waals surface area contributed by atoms with Crippen LogP contribution in [0.25, 0.3) is 0 Å². The zero-order valence-corrected chi connectivity index (χ0v) is 12.4. The number of hydrogen-bond acceptors (Lipinski definition) is 3. The van der Waals surface area contributed by atoms with E-state index in [9.17, 15) is 12.8 Å². The standard InChI is InChI=1S/C14H21FN2O2S/c1-10-5-3-2-4-6-14(10)17-20(18,19)11-7-8-13(16)12(15)9-11/h7-10,14,17H,2-6,16H2,1H3. The Morgan fingerprint density at radius 3 is 2.65 bits per heavy atom. The van der Waals surface area contributed by atoms with Crippen molar-refractivity contribution in [3.8, 4) is 0 Å². The fourth-order valence-corrected chi connectivity index (χ4v) is 4.00. The number of halogens is 1. The highest BCUT2D eigenvalue weighted by Crippen LogP contribution is 2.25. The molecule has 2 atom stereocenters. The van der Waals surface area contributed by atoms with Gasteiger partial charge in [-0.1, -0.05) is 26.2 Å². The summed E-state index contributed by atoms with van der Waals surface area (Å²) < 4.78 is 40.7. The molecule has 0 amide bonds. The molecule has 1 aromatic carbocycles. The van der Waals surface area contributed by atoms with Gasteiger partial charge in [0, 0.05) is 6.04 Å². The molecule has 0 aromatic heterocycles. The summed E-state index contributed by atoms with van der Waals surface area (Å²) in [4.78, 5) is -0.0688. The van der Waals surface area contributed by atoms with Gasteiger partial charge in [-0.2, -0.15) is 0 Å². The Labute approximate surface area is 119 Å². The van der Waals surface area contributed by atoms with Crippen LogP contribution in [0.5, 0.6) is 0 Å². The monoisotopic (exact) mass is 300 g/mol. The molecule has 20 heavy (non-hydrogen) atoms. The van der Waals surface area contributed by atoms with Crippen LogP contribution in [0.4, 0.5) is 10.1 Å². The van der Waals surface area contributed by atoms with Crippen LogP contribution in [-0.2, 0) is 10.0 Å². The van der Waals surface area contributed by atoms with Gasteiger partial charge in [-0.15, -0.1) is 0 Å². The van der Waals surface area contributed by atoms with Gasteiger partial charge in [-0.25, -0.2) is 17.5 Å². The minimum Gasteiger partial charge on any atom is -0.396 e. The lowest BCUT2D eigenvalue weighted by Gasteiger charge is -2.22. The van der Waals surface area contributed by atoms with E-state index in [1.807, 2.05) is 0 Å². The first kappa shape index (κ1) is 15.3. The van der Waals surface area contributed by atoms with Crippen molar-refractivity contribution in [3.05, 3.63) is 24.0 Å². The second kappa shape index (κ2) is 6.10. The zero-order valence-electron chi connectivity index (χ0n) is 11.6. The number of sulfonamides is 1. The maximum Gasteiger partial charge on any atom is 0.240 e. The molecule has 1 saturated carbocycles. The van der Waals surface area contributed by atoms with Crippen LogP contribution in [0.3, 0.4) is 0 Å². The van der Waals surface area contributed by atoms with E-state index < -0.39 is 15.8 Å². The van der Waals surface area contributed by atoms with Crippen LogP contribution in [0.15, 0.2) is 23.1 Å². The minimum atomic E-state index is -3.69. The molecule has 1 aromatic rings. The summed E-state index contributed by atoms with van der Waals surface area (Å²) in [6.45, 7) is 2.06. The average Bonchev–Trinajstić information content (AvgIpc) is 2.58. The topological polar surface area (TPSA) is 72.2 Å². The number of nitrogen functional groups attached to an aromatic ring is 1. The van der Waals surface area contributed by atoms with Crippen LogP contribution in [0, 0.1) is 11.7 Å². The molecule has 0 bridgehead atoms. The van der Waals surface area contributed by atoms with Crippen LogP contribution in [0.1, 0.15) is 39.0 Å². The summed E-state index contributed by atoms with van der Waals surface area (Å²) in [7, 11) is -3.69. The van der Waals surface area contributed by atoms with Gasteiger partial charge in [0.25, 0.3) is 0 Å². The van der Waals surface area contributed by atoms with E-state index in [0.717, 1.165) is 38.2 Å². The van der Waals surface area contributed by atoms with Crippen LogP contribution >= 0.6 is 0 Å². The molecule has 2 unspecified atom stereocenters. The molecule has 3 N–H and O–H groups in total. The summed E-state index contributed by atoms with van der Waals surface area (Å²) in [5.41, 5.74) is 5.32. The maximum atomic E-state index is 13.4. The van der Waals surface area contributed by atoms with E-state index in [2.05, 4.69) is 11.6 Å². The van der Waals surface area contributed by atoms with E-state index in [1.165, 1.54) is 12.1 Å². The number of rotatable bonds is 3. The third-order valence-electron chi connectivity index (χ3n) is 3.95. The number of nitrogens with one attached hydrogen (secondary N) is 1. The minimum absolute atomic E-state index is 0.0493. The van der Waals surface area contributed by atoms with Crippen LogP contribution < -0.4 is 10.5 Å². The smallest absolute Gasteiger partial charge is 0.240 e. The molecule has 1 aliphatic carbocycles. The third-order valence-corrected chi connectivity index (χ3v) is 5.44. The van der Waals surface area contributed by atoms with E-state index in [4.69, 9.17) is 5.73 Å². The van der Waals surface area contributed by atoms with E-state index in [-0.39, 0.29) is 16.6 Å². The highest BCUT2D eigenvalue weighted by Gasteiger charge is 2.26. The summed E-state index contributed by atoms with van der Waals surface area (Å²) >= 11 is 0. The number of anilines is 1. The van der Waals surface area contributed by atoms with Crippen molar-refractivity contribution in [2.24, 2.45) is 5.92 Å². The lowest BCUT2D eigenvalue weighted by molar-refractivity contribution is 0.399. The maximum absolute atomic E-state index is 13.4. The molecule has 1 fully saturated rings. The van der Waals surface area contributed by atoms with E-state index in [1.54, 1.807) is 0 Å². The summed E-state index contributed by atoms with van der Waals surface area (Å²) in [6.07, 6.45) is 5.14. The lowest BCUT2D eigenvalue weighted by Crippen LogP contribution is -2.38. The first-order valence-electron chi connectivity index (χ1n) is 6.97. The number of nitrogens with two attached hydrogens (primary N) is 1. The van der Waals surface area contributed by atoms with Gasteiger partial charge in [0.05, 0.1) is 10.6 Å². The van der Waals surface area contributed by atoms with Gasteiger partial charge >= 0.3 is 0 Å². The molecule has 1 aliphatic rings. The van der Waals surface area contributed by atoms with E-state index >= 15 is 0 Å². The van der Waals surface area contributed by atoms with Crippen molar-refractivity contribution in [1.29, 1.82) is 0 Å². The Hall–Kier alpha value is -1.14. The fraction of sp³-hybridized carbons (Fsp3) is 0.571. The average molecular weight is 300 g/mol. The molecular formula is C14H21FN2O2S. The fourth-order valence-electron chi connectivity index (χ4n) is 2.61. The van der Waals surface area contributed by atoms with Crippen LogP contribution in [-0.4, -0.2) is 14.5 Å². The third kappa shape index (κ3) is 3.49. The molecule has 2 rings (SSSR count). The first-order chi connectivity index (χ1) is 9.40. The molecule has 0 heterocycles. The quantitative estimate of drug-likeness (QED) is 0.666. The Bertz CT molecular complexity index is 575. The molecule has 4 nitrogen and oxygen atoms in total. The molecule has 112 valence electrons. The van der Waals surface area contributed by atoms with Crippen molar-refractivity contribution < 1.29 is 12.8 Å². The van der Waals surface area contributed by atoms with Crippen LogP contribution in [0.2, 0.25) is 0 Å². The Morgan fingerprint density at radius 2 is 1.95 bits per heavy atom. The molecule has 0 aliphatic heterocycles. The molecular weight excluding hydrogens is 279 g/mol. The lowest BCUT2D eigenvalue weighted by atomic mass is 9.98. The highest BCUT2D eigenvalue weighted by atomic mass is 32.2. The van der Waals surface area contributed by atoms with Gasteiger partial charge in [-0.3, -0.25) is 0 Å². The number of benzene rings is 1. The van der Waals surface area contributed by atoms with Crippen molar-refractivity contribution in [2.75, 3.05) is 5.73 Å². The first-order valence-corrected chi connectivity index (χ1v) is 8.46. The Kier molecular flexibility index (Phi) is 4.65. The summed E-state index contributed by atoms with van der Waals surface area (Å²) in [6, 6.07) is 3.50. The number of hydrogen-bond donors (Lipinski definition) is 2. The molecule has 0 spiro atoms. The van der Waals surface area contributed by atoms with Crippen molar-refractivity contribution in [1.82, 2.24) is 4.72 Å². The Morgan fingerprint density at radius 1 is 1.25 bits per heavy atom. The molecule has 0 saturated heterocycles. The second-order valence-corrected chi connectivity index (χ2v) is 7.24. The largest absolute Gasteiger partial charge is 0.396 e. The van der Waals surface area contributed by atoms with Crippen molar-refractivity contribution >= 4 is 15.7 Å². The predicted molar refractivity (Wildman–Crippen MR) is 77.2 cm³/mol. The highest BCUT2D eigenvalue weighted by molar-refractivity contribution is 7.89. The van der Waals surface area contributed by atoms with Crippen molar-refractivity contribution in [2.45, 2.75) is 50.0 Å². The second-order valence-electron chi connectivity index (χ2n) is 5.53. The van der Waals surface area contributed by atoms with Gasteiger partial charge in [-0.05, 0) is 37.0 Å². The van der Waals surface area contributed by atoms with Gasteiger partial charge in [0.1, 0.15) is 5.82 Å². The molecule has 0 radical (unpaired) electrons. The van der Waals surface area contributed by atoms with Gasteiger partial charge < -0.3 is 5.73 Å². The normalized spacial score (nSPS) is 24.3. The summed E-state index contributed by atoms with van der Waals surface area (Å²) in [5.74, 6) is -0.410. The van der Waals surface area contributed by atoms with Crippen molar-refractivity contribution in [3.63, 3.8) is 0 Å². The van der Waals surface area contributed by atoms with Gasteiger partial charge in [0.2, 0.25) is 10.0 Å². The SMILES string of the molecule is CC1CCCCCC1NS(=O)(=O)c1ccc(N)c(F)c1.